The zero-order valence-corrected chi connectivity index (χ0v) is 16.6. The first-order chi connectivity index (χ1) is 14.2. The van der Waals surface area contributed by atoms with Crippen LogP contribution in [-0.2, 0) is 27.7 Å². The second-order valence-electron chi connectivity index (χ2n) is 6.53. The number of aromatic nitrogens is 1. The van der Waals surface area contributed by atoms with Crippen LogP contribution in [0.15, 0.2) is 58.0 Å². The lowest BCUT2D eigenvalue weighted by Gasteiger charge is -2.05. The molecule has 3 aromatic rings. The number of nitrogens with two attached hydrogens (primary N) is 1. The van der Waals surface area contributed by atoms with Gasteiger partial charge < -0.3 is 9.73 Å². The lowest BCUT2D eigenvalue weighted by molar-refractivity contribution is -0.121. The van der Waals surface area contributed by atoms with E-state index in [-0.39, 0.29) is 40.9 Å². The number of nitrogens with one attached hydrogen (secondary N) is 1. The van der Waals surface area contributed by atoms with E-state index in [1.165, 1.54) is 24.4 Å². The molecule has 0 saturated carbocycles. The molecule has 2 aromatic carbocycles. The van der Waals surface area contributed by atoms with Gasteiger partial charge in [0.05, 0.1) is 16.7 Å². The molecule has 1 heterocycles. The minimum Gasteiger partial charge on any atom is -0.441 e. The van der Waals surface area contributed by atoms with Crippen molar-refractivity contribution in [2.75, 3.05) is 6.54 Å². The fourth-order valence-electron chi connectivity index (χ4n) is 2.74. The topological polar surface area (TPSA) is 115 Å². The van der Waals surface area contributed by atoms with Crippen molar-refractivity contribution in [2.45, 2.75) is 24.2 Å². The Balaban J connectivity index is 1.45. The van der Waals surface area contributed by atoms with Gasteiger partial charge in [0.2, 0.25) is 15.9 Å². The molecule has 158 valence electrons. The van der Waals surface area contributed by atoms with Gasteiger partial charge in [0, 0.05) is 25.5 Å². The van der Waals surface area contributed by atoms with E-state index in [4.69, 9.17) is 9.56 Å². The molecule has 0 aliphatic heterocycles. The molecule has 10 heteroatoms. The standard InChI is InChI=1S/C20H19F2N3O4S/c21-14-3-6-16(17(22)11-14)18-12-25-20(29-18)8-7-19(26)24-10-9-13-1-4-15(5-2-13)30(23,27)28/h1-6,11-12H,7-10H2,(H,24,26)(H2,23,27,28). The van der Waals surface area contributed by atoms with Crippen molar-refractivity contribution in [1.29, 1.82) is 0 Å². The molecule has 1 aromatic heterocycles. The van der Waals surface area contributed by atoms with E-state index in [2.05, 4.69) is 10.3 Å². The smallest absolute Gasteiger partial charge is 0.238 e. The maximum atomic E-state index is 13.8. The number of sulfonamides is 1. The molecule has 0 saturated heterocycles. The Morgan fingerprint density at radius 2 is 1.83 bits per heavy atom. The average Bonchev–Trinajstić information content (AvgIpc) is 3.15. The van der Waals surface area contributed by atoms with E-state index in [1.807, 2.05) is 0 Å². The third-order valence-electron chi connectivity index (χ3n) is 4.30. The Morgan fingerprint density at radius 1 is 1.10 bits per heavy atom. The maximum Gasteiger partial charge on any atom is 0.238 e. The summed E-state index contributed by atoms with van der Waals surface area (Å²) in [6.07, 6.45) is 2.19. The van der Waals surface area contributed by atoms with Gasteiger partial charge in [-0.05, 0) is 36.2 Å². The average molecular weight is 435 g/mol. The number of nitrogens with zero attached hydrogens (tertiary/aromatic N) is 1. The van der Waals surface area contributed by atoms with E-state index in [0.29, 0.717) is 13.0 Å². The molecular formula is C20H19F2N3O4S. The van der Waals surface area contributed by atoms with Crippen LogP contribution in [0.4, 0.5) is 8.78 Å². The number of hydrogen-bond acceptors (Lipinski definition) is 5. The normalized spacial score (nSPS) is 11.4. The molecule has 3 rings (SSSR count). The molecule has 3 N–H and O–H groups in total. The number of benzene rings is 2. The molecule has 0 unspecified atom stereocenters. The fourth-order valence-corrected chi connectivity index (χ4v) is 3.26. The zero-order chi connectivity index (χ0) is 21.7. The van der Waals surface area contributed by atoms with Crippen molar-refractivity contribution < 1.29 is 26.4 Å². The molecule has 30 heavy (non-hydrogen) atoms. The predicted molar refractivity (Wildman–Crippen MR) is 105 cm³/mol. The summed E-state index contributed by atoms with van der Waals surface area (Å²) < 4.78 is 54.7. The minimum atomic E-state index is -3.73. The van der Waals surface area contributed by atoms with Gasteiger partial charge in [0.1, 0.15) is 11.6 Å². The summed E-state index contributed by atoms with van der Waals surface area (Å²) in [5.74, 6) is -1.24. The van der Waals surface area contributed by atoms with Crippen LogP contribution in [0.1, 0.15) is 17.9 Å². The fraction of sp³-hybridized carbons (Fsp3) is 0.200. The van der Waals surface area contributed by atoms with Crippen molar-refractivity contribution in [2.24, 2.45) is 5.14 Å². The van der Waals surface area contributed by atoms with Crippen LogP contribution in [0, 0.1) is 11.6 Å². The molecular weight excluding hydrogens is 416 g/mol. The van der Waals surface area contributed by atoms with E-state index in [0.717, 1.165) is 17.7 Å². The summed E-state index contributed by atoms with van der Waals surface area (Å²) in [4.78, 5) is 16.0. The van der Waals surface area contributed by atoms with Gasteiger partial charge in [-0.2, -0.15) is 0 Å². The Bertz CT molecular complexity index is 1150. The summed E-state index contributed by atoms with van der Waals surface area (Å²) in [7, 11) is -3.73. The van der Waals surface area contributed by atoms with E-state index >= 15 is 0 Å². The number of rotatable bonds is 8. The maximum absolute atomic E-state index is 13.8. The van der Waals surface area contributed by atoms with Crippen LogP contribution in [0.3, 0.4) is 0 Å². The molecule has 0 fully saturated rings. The highest BCUT2D eigenvalue weighted by atomic mass is 32.2. The highest BCUT2D eigenvalue weighted by Gasteiger charge is 2.13. The number of carbonyl (C=O) groups is 1. The van der Waals surface area contributed by atoms with Gasteiger partial charge in [-0.1, -0.05) is 12.1 Å². The number of oxazole rings is 1. The first-order valence-corrected chi connectivity index (χ1v) is 10.6. The van der Waals surface area contributed by atoms with Crippen LogP contribution in [0.25, 0.3) is 11.3 Å². The van der Waals surface area contributed by atoms with Crippen LogP contribution in [0.2, 0.25) is 0 Å². The van der Waals surface area contributed by atoms with Crippen molar-refractivity contribution >= 4 is 15.9 Å². The monoisotopic (exact) mass is 435 g/mol. The van der Waals surface area contributed by atoms with Gasteiger partial charge in [0.25, 0.3) is 0 Å². The second-order valence-corrected chi connectivity index (χ2v) is 8.09. The van der Waals surface area contributed by atoms with E-state index in [9.17, 15) is 22.0 Å². The van der Waals surface area contributed by atoms with Crippen LogP contribution >= 0.6 is 0 Å². The van der Waals surface area contributed by atoms with Gasteiger partial charge in [-0.15, -0.1) is 0 Å². The molecule has 0 radical (unpaired) electrons. The number of aryl methyl sites for hydroxylation is 1. The van der Waals surface area contributed by atoms with Crippen molar-refractivity contribution in [3.63, 3.8) is 0 Å². The molecule has 0 atom stereocenters. The summed E-state index contributed by atoms with van der Waals surface area (Å²) in [6.45, 7) is 0.366. The van der Waals surface area contributed by atoms with Crippen LogP contribution in [0.5, 0.6) is 0 Å². The highest BCUT2D eigenvalue weighted by molar-refractivity contribution is 7.89. The van der Waals surface area contributed by atoms with Crippen molar-refractivity contribution in [1.82, 2.24) is 10.3 Å². The summed E-state index contributed by atoms with van der Waals surface area (Å²) in [5.41, 5.74) is 0.939. The Hall–Kier alpha value is -3.11. The van der Waals surface area contributed by atoms with Crippen molar-refractivity contribution in [3.05, 3.63) is 71.8 Å². The largest absolute Gasteiger partial charge is 0.441 e. The molecule has 0 aliphatic carbocycles. The van der Waals surface area contributed by atoms with Crippen LogP contribution in [-0.4, -0.2) is 25.9 Å². The Kier molecular flexibility index (Phi) is 6.58. The van der Waals surface area contributed by atoms with Crippen molar-refractivity contribution in [3.8, 4) is 11.3 Å². The third-order valence-corrected chi connectivity index (χ3v) is 5.23. The van der Waals surface area contributed by atoms with E-state index < -0.39 is 21.7 Å². The number of primary sulfonamides is 1. The number of carbonyl (C=O) groups excluding carboxylic acids is 1. The predicted octanol–water partition coefficient (Wildman–Crippen LogP) is 2.56. The molecule has 0 bridgehead atoms. The quantitative estimate of drug-likeness (QED) is 0.564. The first kappa shape index (κ1) is 21.6. The first-order valence-electron chi connectivity index (χ1n) is 9.01. The lowest BCUT2D eigenvalue weighted by Crippen LogP contribution is -2.25. The molecule has 0 aliphatic rings. The number of hydrogen-bond donors (Lipinski definition) is 2. The molecule has 7 nitrogen and oxygen atoms in total. The van der Waals surface area contributed by atoms with Gasteiger partial charge in [-0.25, -0.2) is 27.3 Å². The zero-order valence-electron chi connectivity index (χ0n) is 15.8. The lowest BCUT2D eigenvalue weighted by atomic mass is 10.1. The summed E-state index contributed by atoms with van der Waals surface area (Å²) >= 11 is 0. The minimum absolute atomic E-state index is 0.0288. The SMILES string of the molecule is NS(=O)(=O)c1ccc(CCNC(=O)CCc2ncc(-c3ccc(F)cc3F)o2)cc1. The third kappa shape index (κ3) is 5.71. The Labute approximate surface area is 172 Å². The second kappa shape index (κ2) is 9.14. The van der Waals surface area contributed by atoms with Gasteiger partial charge in [0.15, 0.2) is 11.7 Å². The van der Waals surface area contributed by atoms with Crippen LogP contribution < -0.4 is 10.5 Å². The summed E-state index contributed by atoms with van der Waals surface area (Å²) in [5, 5.41) is 7.79. The highest BCUT2D eigenvalue weighted by Crippen LogP contribution is 2.24. The van der Waals surface area contributed by atoms with Gasteiger partial charge in [-0.3, -0.25) is 4.79 Å². The Morgan fingerprint density at radius 3 is 2.50 bits per heavy atom. The molecule has 0 spiro atoms. The van der Waals surface area contributed by atoms with Gasteiger partial charge >= 0.3 is 0 Å². The number of halogens is 2. The molecule has 1 amide bonds. The van der Waals surface area contributed by atoms with E-state index in [1.54, 1.807) is 12.1 Å². The number of amides is 1. The summed E-state index contributed by atoms with van der Waals surface area (Å²) in [6, 6.07) is 9.23.